The molecule has 3 aliphatic rings. The summed E-state index contributed by atoms with van der Waals surface area (Å²) in [7, 11) is 0. The van der Waals surface area contributed by atoms with Crippen molar-refractivity contribution in [1.82, 2.24) is 19.7 Å². The number of halogens is 1. The number of hydrogen-bond donors (Lipinski definition) is 3. The first-order valence-corrected chi connectivity index (χ1v) is 10.4. The molecule has 1 saturated carbocycles. The van der Waals surface area contributed by atoms with Gasteiger partial charge in [-0.05, 0) is 50.3 Å². The number of anilines is 1. The smallest absolute Gasteiger partial charge is 0.322 e. The fraction of sp³-hybridized carbons (Fsp3) is 0.500. The second-order valence-corrected chi connectivity index (χ2v) is 8.55. The molecule has 1 aromatic heterocycles. The second-order valence-electron chi connectivity index (χ2n) is 8.11. The van der Waals surface area contributed by atoms with Gasteiger partial charge in [-0.15, -0.1) is 5.10 Å². The van der Waals surface area contributed by atoms with Crippen molar-refractivity contribution in [2.75, 3.05) is 18.4 Å². The number of hydrogen-bond acceptors (Lipinski definition) is 7. The van der Waals surface area contributed by atoms with Crippen LogP contribution in [0.3, 0.4) is 0 Å². The number of benzene rings is 1. The Hall–Kier alpha value is -2.81. The molecule has 0 radical (unpaired) electrons. The molecule has 3 atom stereocenters. The molecule has 9 nitrogen and oxygen atoms in total. The van der Waals surface area contributed by atoms with E-state index < -0.39 is 0 Å². The summed E-state index contributed by atoms with van der Waals surface area (Å²) in [6.45, 7) is 7.02. The molecule has 10 heteroatoms. The molecule has 2 saturated heterocycles. The zero-order valence-electron chi connectivity index (χ0n) is 17.2. The summed E-state index contributed by atoms with van der Waals surface area (Å²) in [4.78, 5) is 6.46. The lowest BCUT2D eigenvalue weighted by molar-refractivity contribution is 0.0401. The normalized spacial score (nSPS) is 22.4. The highest BCUT2D eigenvalue weighted by molar-refractivity contribution is 6.30. The summed E-state index contributed by atoms with van der Waals surface area (Å²) in [6.07, 6.45) is 1.10. The Morgan fingerprint density at radius 1 is 1.27 bits per heavy atom. The van der Waals surface area contributed by atoms with Gasteiger partial charge in [0.05, 0.1) is 6.04 Å². The van der Waals surface area contributed by atoms with Crippen LogP contribution >= 0.6 is 11.6 Å². The van der Waals surface area contributed by atoms with E-state index in [0.717, 1.165) is 19.5 Å². The first-order valence-electron chi connectivity index (χ1n) is 10.0. The molecule has 3 heterocycles. The third-order valence-electron chi connectivity index (χ3n) is 5.46. The maximum Gasteiger partial charge on any atom is 0.322 e. The van der Waals surface area contributed by atoms with E-state index in [4.69, 9.17) is 31.9 Å². The minimum Gasteiger partial charge on any atom is -0.424 e. The van der Waals surface area contributed by atoms with Crippen LogP contribution in [0.15, 0.2) is 24.3 Å². The van der Waals surface area contributed by atoms with Crippen LogP contribution < -0.4 is 10.1 Å². The lowest BCUT2D eigenvalue weighted by atomic mass is 9.66. The minimum absolute atomic E-state index is 0.0320. The molecule has 2 aromatic rings. The molecule has 0 spiro atoms. The molecule has 3 fully saturated rings. The number of piperidine rings is 2. The van der Waals surface area contributed by atoms with Crippen molar-refractivity contribution in [2.24, 2.45) is 11.8 Å². The summed E-state index contributed by atoms with van der Waals surface area (Å²) in [5.41, 5.74) is 0. The van der Waals surface area contributed by atoms with Crippen LogP contribution in [0.2, 0.25) is 5.02 Å². The van der Waals surface area contributed by atoms with Crippen molar-refractivity contribution < 1.29 is 9.47 Å². The van der Waals surface area contributed by atoms with Crippen LogP contribution in [0.5, 0.6) is 11.8 Å². The maximum absolute atomic E-state index is 8.00. The molecule has 160 valence electrons. The molecule has 2 aliphatic heterocycles. The van der Waals surface area contributed by atoms with Gasteiger partial charge in [-0.3, -0.25) is 10.8 Å². The van der Waals surface area contributed by atoms with Gasteiger partial charge in [0, 0.05) is 31.1 Å². The van der Waals surface area contributed by atoms with Crippen LogP contribution in [0.1, 0.15) is 33.2 Å². The summed E-state index contributed by atoms with van der Waals surface area (Å²) in [5, 5.41) is 24.1. The third kappa shape index (κ3) is 4.21. The Kier molecular flexibility index (Phi) is 5.55. The largest absolute Gasteiger partial charge is 0.424 e. The van der Waals surface area contributed by atoms with Crippen LogP contribution in [-0.2, 0) is 4.74 Å². The molecular formula is C20H26ClN7O2. The predicted octanol–water partition coefficient (Wildman–Crippen LogP) is 3.99. The summed E-state index contributed by atoms with van der Waals surface area (Å²) in [5.74, 6) is 1.93. The van der Waals surface area contributed by atoms with Crippen LogP contribution in [0, 0.1) is 22.7 Å². The zero-order chi connectivity index (χ0) is 21.4. The van der Waals surface area contributed by atoms with E-state index in [9.17, 15) is 0 Å². The third-order valence-corrected chi connectivity index (χ3v) is 5.69. The van der Waals surface area contributed by atoms with E-state index >= 15 is 0 Å². The van der Waals surface area contributed by atoms with Gasteiger partial charge in [0.15, 0.2) is 5.90 Å². The van der Waals surface area contributed by atoms with E-state index in [0.29, 0.717) is 34.6 Å². The van der Waals surface area contributed by atoms with E-state index in [1.54, 1.807) is 16.8 Å². The van der Waals surface area contributed by atoms with Crippen LogP contribution in [0.4, 0.5) is 5.95 Å². The first kappa shape index (κ1) is 20.5. The Morgan fingerprint density at radius 2 is 2.00 bits per heavy atom. The summed E-state index contributed by atoms with van der Waals surface area (Å²) in [6, 6.07) is 7.99. The van der Waals surface area contributed by atoms with Crippen molar-refractivity contribution >= 4 is 29.5 Å². The highest BCUT2D eigenvalue weighted by Crippen LogP contribution is 2.42. The van der Waals surface area contributed by atoms with Crippen molar-refractivity contribution in [3.8, 4) is 11.8 Å². The summed E-state index contributed by atoms with van der Waals surface area (Å²) >= 11 is 6.06. The van der Waals surface area contributed by atoms with Crippen molar-refractivity contribution in [3.05, 3.63) is 29.3 Å². The fourth-order valence-corrected chi connectivity index (χ4v) is 4.24. The van der Waals surface area contributed by atoms with Gasteiger partial charge in [0.2, 0.25) is 5.95 Å². The van der Waals surface area contributed by atoms with Gasteiger partial charge < -0.3 is 19.7 Å². The van der Waals surface area contributed by atoms with Gasteiger partial charge in [-0.25, -0.2) is 4.68 Å². The number of ether oxygens (including phenoxy) is 2. The molecule has 5 rings (SSSR count). The highest BCUT2D eigenvalue weighted by Gasteiger charge is 2.48. The van der Waals surface area contributed by atoms with Gasteiger partial charge in [0.1, 0.15) is 5.75 Å². The lowest BCUT2D eigenvalue weighted by Crippen LogP contribution is -2.62. The number of rotatable bonds is 5. The molecule has 2 bridgehead atoms. The average Bonchev–Trinajstić information content (AvgIpc) is 3.08. The van der Waals surface area contributed by atoms with Crippen molar-refractivity contribution in [2.45, 2.75) is 39.3 Å². The van der Waals surface area contributed by atoms with E-state index in [1.807, 2.05) is 30.9 Å². The molecule has 30 heavy (non-hydrogen) atoms. The van der Waals surface area contributed by atoms with Crippen LogP contribution in [0.25, 0.3) is 0 Å². The second kappa shape index (κ2) is 8.14. The van der Waals surface area contributed by atoms with Gasteiger partial charge in [-0.2, -0.15) is 4.98 Å². The number of aromatic nitrogens is 3. The maximum atomic E-state index is 8.00. The Bertz CT molecular complexity index is 948. The topological polar surface area (TPSA) is 112 Å². The predicted molar refractivity (Wildman–Crippen MR) is 115 cm³/mol. The monoisotopic (exact) mass is 431 g/mol. The zero-order valence-corrected chi connectivity index (χ0v) is 18.0. The van der Waals surface area contributed by atoms with E-state index in [-0.39, 0.29) is 24.0 Å². The Morgan fingerprint density at radius 3 is 2.63 bits per heavy atom. The molecular weight excluding hydrogens is 406 g/mol. The van der Waals surface area contributed by atoms with Crippen molar-refractivity contribution in [1.29, 1.82) is 10.8 Å². The first-order chi connectivity index (χ1) is 14.3. The van der Waals surface area contributed by atoms with Crippen molar-refractivity contribution in [3.63, 3.8) is 0 Å². The Balaban J connectivity index is 1.43. The number of nitrogens with one attached hydrogen (secondary N) is 3. The fourth-order valence-electron chi connectivity index (χ4n) is 4.06. The quantitative estimate of drug-likeness (QED) is 0.487. The number of fused-ring (bicyclic) bond motifs is 2. The number of nitrogens with zero attached hydrogens (tertiary/aromatic N) is 4. The lowest BCUT2D eigenvalue weighted by Gasteiger charge is -2.53. The highest BCUT2D eigenvalue weighted by atomic mass is 35.5. The summed E-state index contributed by atoms with van der Waals surface area (Å²) < 4.78 is 12.8. The number of amidine groups is 1. The van der Waals surface area contributed by atoms with Gasteiger partial charge >= 0.3 is 6.01 Å². The Labute approximate surface area is 180 Å². The van der Waals surface area contributed by atoms with Gasteiger partial charge in [0.25, 0.3) is 6.02 Å². The standard InChI is InChI=1S/C20H26ClN7O2/c1-11(2)28-20(30-16-6-4-5-15(21)8-16)25-19(26-28)24-17-13-7-14(17)10-27(9-13)18(23)29-12(3)22/h4-6,8,11,13-14,17,22-23H,7,9-10H2,1-3H3,(H,24,26)/t13-,14+,17?. The van der Waals surface area contributed by atoms with E-state index in [2.05, 4.69) is 15.4 Å². The molecule has 1 unspecified atom stereocenters. The minimum atomic E-state index is 0.0320. The van der Waals surface area contributed by atoms with Gasteiger partial charge in [-0.1, -0.05) is 17.7 Å². The average molecular weight is 432 g/mol. The molecule has 0 amide bonds. The SMILES string of the molecule is CC(=N)OC(=N)N1C[C@H]2C[C@@H](C1)C2Nc1nc(Oc2cccc(Cl)c2)n(C(C)C)n1. The van der Waals surface area contributed by atoms with Crippen LogP contribution in [-0.4, -0.2) is 50.7 Å². The van der Waals surface area contributed by atoms with E-state index in [1.165, 1.54) is 6.92 Å². The molecule has 1 aromatic carbocycles. The molecule has 1 aliphatic carbocycles. The molecule has 3 N–H and O–H groups in total.